The molecule has 1 aromatic heterocycles. The molecule has 3 aromatic rings. The summed E-state index contributed by atoms with van der Waals surface area (Å²) in [5, 5.41) is 5.17. The molecule has 4 rings (SSSR count). The fourth-order valence-corrected chi connectivity index (χ4v) is 6.18. The van der Waals surface area contributed by atoms with E-state index in [1.807, 2.05) is 48.7 Å². The number of hydrogen-bond acceptors (Lipinski definition) is 4. The van der Waals surface area contributed by atoms with Crippen molar-refractivity contribution in [2.24, 2.45) is 5.92 Å². The van der Waals surface area contributed by atoms with Crippen molar-refractivity contribution in [2.45, 2.75) is 30.7 Å². The number of carbonyl (C=O) groups excluding carboxylic acids is 1. The predicted octanol–water partition coefficient (Wildman–Crippen LogP) is 4.50. The van der Waals surface area contributed by atoms with Crippen LogP contribution in [0.1, 0.15) is 34.9 Å². The summed E-state index contributed by atoms with van der Waals surface area (Å²) in [6.45, 7) is 2.54. The summed E-state index contributed by atoms with van der Waals surface area (Å²) in [5.74, 6) is -0.807. The predicted molar refractivity (Wildman–Crippen MR) is 123 cm³/mol. The van der Waals surface area contributed by atoms with Crippen molar-refractivity contribution in [1.29, 1.82) is 0 Å². The number of aryl methyl sites for hydroxylation is 1. The maximum Gasteiger partial charge on any atom is 0.243 e. The zero-order chi connectivity index (χ0) is 22.7. The van der Waals surface area contributed by atoms with Crippen LogP contribution in [0.5, 0.6) is 0 Å². The number of benzene rings is 2. The van der Waals surface area contributed by atoms with Crippen molar-refractivity contribution in [3.8, 4) is 0 Å². The van der Waals surface area contributed by atoms with Crippen molar-refractivity contribution in [2.75, 3.05) is 13.1 Å². The minimum atomic E-state index is -3.70. The third-order valence-corrected chi connectivity index (χ3v) is 8.65. The first-order chi connectivity index (χ1) is 15.3. The third-order valence-electron chi connectivity index (χ3n) is 5.80. The van der Waals surface area contributed by atoms with E-state index in [9.17, 15) is 17.6 Å². The molecule has 0 unspecified atom stereocenters. The van der Waals surface area contributed by atoms with Crippen molar-refractivity contribution < 1.29 is 17.6 Å². The summed E-state index contributed by atoms with van der Waals surface area (Å²) in [5.41, 5.74) is 2.17. The number of rotatable bonds is 6. The highest BCUT2D eigenvalue weighted by molar-refractivity contribution is 7.89. The van der Waals surface area contributed by atoms with E-state index in [1.54, 1.807) is 11.3 Å². The molecular weight excluding hydrogens is 447 g/mol. The Morgan fingerprint density at radius 2 is 1.72 bits per heavy atom. The van der Waals surface area contributed by atoms with Crippen LogP contribution in [-0.4, -0.2) is 31.7 Å². The van der Waals surface area contributed by atoms with Gasteiger partial charge >= 0.3 is 0 Å². The van der Waals surface area contributed by atoms with Gasteiger partial charge in [0.05, 0.1) is 10.9 Å². The fourth-order valence-electron chi connectivity index (χ4n) is 3.91. The van der Waals surface area contributed by atoms with E-state index in [2.05, 4.69) is 5.32 Å². The molecule has 1 amide bonds. The Labute approximate surface area is 191 Å². The second-order valence-corrected chi connectivity index (χ2v) is 10.9. The largest absolute Gasteiger partial charge is 0.344 e. The topological polar surface area (TPSA) is 66.5 Å². The summed E-state index contributed by atoms with van der Waals surface area (Å²) in [4.78, 5) is 14.2. The lowest BCUT2D eigenvalue weighted by atomic mass is 9.95. The van der Waals surface area contributed by atoms with E-state index < -0.39 is 15.8 Å². The molecule has 1 N–H and O–H groups in total. The number of piperidine rings is 1. The van der Waals surface area contributed by atoms with Gasteiger partial charge < -0.3 is 5.32 Å². The van der Waals surface area contributed by atoms with Gasteiger partial charge in [-0.3, -0.25) is 4.79 Å². The van der Waals surface area contributed by atoms with Crippen molar-refractivity contribution in [1.82, 2.24) is 9.62 Å². The molecule has 1 aliphatic rings. The van der Waals surface area contributed by atoms with Crippen LogP contribution in [0.25, 0.3) is 0 Å². The van der Waals surface area contributed by atoms with E-state index in [0.717, 1.165) is 28.1 Å². The van der Waals surface area contributed by atoms with Crippen LogP contribution in [0.15, 0.2) is 70.9 Å². The van der Waals surface area contributed by atoms with Crippen LogP contribution in [0, 0.1) is 18.7 Å². The fraction of sp³-hybridized carbons (Fsp3) is 0.292. The van der Waals surface area contributed by atoms with E-state index in [-0.39, 0.29) is 35.9 Å². The molecule has 32 heavy (non-hydrogen) atoms. The van der Waals surface area contributed by atoms with Crippen molar-refractivity contribution in [3.05, 3.63) is 87.9 Å². The van der Waals surface area contributed by atoms with Gasteiger partial charge in [-0.05, 0) is 61.0 Å². The minimum Gasteiger partial charge on any atom is -0.344 e. The van der Waals surface area contributed by atoms with Crippen LogP contribution in [0.3, 0.4) is 0 Å². The zero-order valence-corrected chi connectivity index (χ0v) is 19.3. The molecule has 1 atom stereocenters. The van der Waals surface area contributed by atoms with E-state index in [0.29, 0.717) is 12.8 Å². The van der Waals surface area contributed by atoms with E-state index in [1.165, 1.54) is 16.4 Å². The quantitative estimate of drug-likeness (QED) is 0.574. The smallest absolute Gasteiger partial charge is 0.243 e. The second kappa shape index (κ2) is 9.52. The average molecular weight is 473 g/mol. The molecule has 0 saturated carbocycles. The number of amides is 1. The van der Waals surface area contributed by atoms with Crippen LogP contribution in [0.4, 0.5) is 4.39 Å². The molecule has 1 saturated heterocycles. The molecule has 1 fully saturated rings. The van der Waals surface area contributed by atoms with Crippen molar-refractivity contribution >= 4 is 27.3 Å². The zero-order valence-electron chi connectivity index (χ0n) is 17.7. The first kappa shape index (κ1) is 22.6. The molecule has 168 valence electrons. The Bertz CT molecular complexity index is 1150. The highest BCUT2D eigenvalue weighted by atomic mass is 32.2. The van der Waals surface area contributed by atoms with Gasteiger partial charge in [0.2, 0.25) is 15.9 Å². The lowest BCUT2D eigenvalue weighted by Gasteiger charge is -2.31. The Kier molecular flexibility index (Phi) is 6.74. The van der Waals surface area contributed by atoms with Crippen LogP contribution < -0.4 is 5.32 Å². The summed E-state index contributed by atoms with van der Waals surface area (Å²) in [7, 11) is -3.70. The monoisotopic (exact) mass is 472 g/mol. The van der Waals surface area contributed by atoms with Crippen molar-refractivity contribution in [3.63, 3.8) is 0 Å². The molecular formula is C24H25FN2O3S2. The molecule has 0 spiro atoms. The lowest BCUT2D eigenvalue weighted by molar-refractivity contribution is -0.126. The van der Waals surface area contributed by atoms with E-state index in [4.69, 9.17) is 0 Å². The van der Waals surface area contributed by atoms with Gasteiger partial charge in [0.1, 0.15) is 5.82 Å². The molecule has 0 aliphatic carbocycles. The molecule has 1 aliphatic heterocycles. The summed E-state index contributed by atoms with van der Waals surface area (Å²) >= 11 is 1.59. The molecule has 5 nitrogen and oxygen atoms in total. The maximum absolute atomic E-state index is 13.2. The van der Waals surface area contributed by atoms with Gasteiger partial charge in [0.25, 0.3) is 0 Å². The average Bonchev–Trinajstić information content (AvgIpc) is 3.33. The first-order valence-corrected chi connectivity index (χ1v) is 12.8. The van der Waals surface area contributed by atoms with Gasteiger partial charge in [0, 0.05) is 23.9 Å². The molecule has 0 bridgehead atoms. The standard InChI is InChI=1S/C24H25FN2O3S2/c1-17-4-6-18(7-5-17)23(22-3-2-16-31-22)26-24(28)19-12-14-27(15-13-19)32(29,30)21-10-8-20(25)9-11-21/h2-11,16,19,23H,12-15H2,1H3,(H,26,28)/t23-/m0/s1. The minimum absolute atomic E-state index is 0.0668. The van der Waals surface area contributed by atoms with Gasteiger partial charge in [0.15, 0.2) is 0 Å². The number of nitrogens with one attached hydrogen (secondary N) is 1. The molecule has 8 heteroatoms. The van der Waals surface area contributed by atoms with Gasteiger partial charge in [-0.2, -0.15) is 4.31 Å². The SMILES string of the molecule is Cc1ccc([C@H](NC(=O)C2CCN(S(=O)(=O)c3ccc(F)cc3)CC2)c2cccs2)cc1. The molecule has 0 radical (unpaired) electrons. The lowest BCUT2D eigenvalue weighted by Crippen LogP contribution is -2.43. The summed E-state index contributed by atoms with van der Waals surface area (Å²) in [6, 6.07) is 16.7. The number of carbonyl (C=O) groups is 1. The number of nitrogens with zero attached hydrogens (tertiary/aromatic N) is 1. The Balaban J connectivity index is 1.43. The Morgan fingerprint density at radius 3 is 2.31 bits per heavy atom. The van der Waals surface area contributed by atoms with Crippen LogP contribution in [-0.2, 0) is 14.8 Å². The Hall–Kier alpha value is -2.55. The number of hydrogen-bond donors (Lipinski definition) is 1. The van der Waals surface area contributed by atoms with Crippen LogP contribution >= 0.6 is 11.3 Å². The highest BCUT2D eigenvalue weighted by Gasteiger charge is 2.33. The van der Waals surface area contributed by atoms with Gasteiger partial charge in [-0.15, -0.1) is 11.3 Å². The summed E-state index contributed by atoms with van der Waals surface area (Å²) < 4.78 is 40.2. The molecule has 2 aromatic carbocycles. The second-order valence-electron chi connectivity index (χ2n) is 8.00. The third kappa shape index (κ3) is 4.92. The maximum atomic E-state index is 13.2. The summed E-state index contributed by atoms with van der Waals surface area (Å²) in [6.07, 6.45) is 0.884. The molecule has 2 heterocycles. The Morgan fingerprint density at radius 1 is 1.06 bits per heavy atom. The number of thiophene rings is 1. The number of halogens is 1. The van der Waals surface area contributed by atoms with Crippen LogP contribution in [0.2, 0.25) is 0 Å². The first-order valence-electron chi connectivity index (χ1n) is 10.5. The van der Waals surface area contributed by atoms with Gasteiger partial charge in [-0.25, -0.2) is 12.8 Å². The number of sulfonamides is 1. The normalized spacial score (nSPS) is 16.6. The van der Waals surface area contributed by atoms with Gasteiger partial charge in [-0.1, -0.05) is 35.9 Å². The highest BCUT2D eigenvalue weighted by Crippen LogP contribution is 2.29. The van der Waals surface area contributed by atoms with E-state index >= 15 is 0 Å².